The van der Waals surface area contributed by atoms with E-state index in [0.717, 1.165) is 0 Å². The van der Waals surface area contributed by atoms with E-state index in [9.17, 15) is 9.36 Å². The molecule has 0 aromatic rings. The van der Waals surface area contributed by atoms with Crippen molar-refractivity contribution in [3.63, 3.8) is 0 Å². The van der Waals surface area contributed by atoms with Crippen LogP contribution in [0.2, 0.25) is 0 Å². The molecular formula is C6H12O4P+. The third kappa shape index (κ3) is 5.95. The Morgan fingerprint density at radius 2 is 2.00 bits per heavy atom. The van der Waals surface area contributed by atoms with E-state index in [2.05, 4.69) is 9.26 Å². The first kappa shape index (κ1) is 10.5. The largest absolute Gasteiger partial charge is 0.520 e. The monoisotopic (exact) mass is 179 g/mol. The van der Waals surface area contributed by atoms with E-state index >= 15 is 0 Å². The molecule has 0 heterocycles. The van der Waals surface area contributed by atoms with Gasteiger partial charge in [-0.15, -0.1) is 4.52 Å². The predicted octanol–water partition coefficient (Wildman–Crippen LogP) is 1.33. The molecule has 0 aliphatic rings. The van der Waals surface area contributed by atoms with Crippen LogP contribution in [0.15, 0.2) is 0 Å². The number of carbonyl (C=O) groups is 1. The van der Waals surface area contributed by atoms with Crippen molar-refractivity contribution in [2.24, 2.45) is 0 Å². The Hall–Kier alpha value is -0.470. The van der Waals surface area contributed by atoms with Crippen molar-refractivity contribution in [1.29, 1.82) is 0 Å². The first-order valence-corrected chi connectivity index (χ1v) is 4.80. The summed E-state index contributed by atoms with van der Waals surface area (Å²) >= 11 is 0. The van der Waals surface area contributed by atoms with Gasteiger partial charge in [-0.1, -0.05) is 0 Å². The molecule has 0 saturated heterocycles. The molecule has 0 aliphatic heterocycles. The smallest absolute Gasteiger partial charge is 0.463 e. The summed E-state index contributed by atoms with van der Waals surface area (Å²) in [4.78, 5) is 10.6. The zero-order valence-electron chi connectivity index (χ0n) is 6.70. The van der Waals surface area contributed by atoms with Gasteiger partial charge in [-0.3, -0.25) is 0 Å². The topological polar surface area (TPSA) is 52.6 Å². The lowest BCUT2D eigenvalue weighted by Gasteiger charge is -1.92. The highest BCUT2D eigenvalue weighted by Gasteiger charge is 2.22. The van der Waals surface area contributed by atoms with E-state index < -0.39 is 14.0 Å². The standard InChI is InChI=1S/C6H12O4P/c1-3-9-6(7)5-11(8)10-4-2/h3-5H2,1-2H3/q+1. The van der Waals surface area contributed by atoms with Gasteiger partial charge in [0.15, 0.2) is 0 Å². The molecule has 0 radical (unpaired) electrons. The van der Waals surface area contributed by atoms with E-state index in [-0.39, 0.29) is 6.16 Å². The minimum absolute atomic E-state index is 0.142. The maximum absolute atomic E-state index is 10.8. The predicted molar refractivity (Wildman–Crippen MR) is 40.7 cm³/mol. The van der Waals surface area contributed by atoms with Crippen LogP contribution in [0.5, 0.6) is 0 Å². The van der Waals surface area contributed by atoms with E-state index in [1.165, 1.54) is 0 Å². The lowest BCUT2D eigenvalue weighted by Crippen LogP contribution is -2.06. The fraction of sp³-hybridized carbons (Fsp3) is 0.833. The lowest BCUT2D eigenvalue weighted by atomic mass is 10.8. The zero-order valence-corrected chi connectivity index (χ0v) is 7.60. The van der Waals surface area contributed by atoms with Crippen molar-refractivity contribution < 1.29 is 18.6 Å². The number of ether oxygens (including phenoxy) is 1. The average molecular weight is 179 g/mol. The normalized spacial score (nSPS) is 10.9. The fourth-order valence-corrected chi connectivity index (χ4v) is 1.18. The molecule has 0 aromatic heterocycles. The molecule has 5 heteroatoms. The van der Waals surface area contributed by atoms with Crippen molar-refractivity contribution in [3.8, 4) is 0 Å². The van der Waals surface area contributed by atoms with E-state index in [1.807, 2.05) is 0 Å². The van der Waals surface area contributed by atoms with E-state index in [1.54, 1.807) is 13.8 Å². The minimum Gasteiger partial charge on any atom is -0.463 e. The molecule has 0 amide bonds. The molecule has 0 rings (SSSR count). The Balaban J connectivity index is 3.49. The fourth-order valence-electron chi connectivity index (χ4n) is 0.502. The van der Waals surface area contributed by atoms with Crippen LogP contribution < -0.4 is 0 Å². The third-order valence-electron chi connectivity index (χ3n) is 0.837. The number of hydrogen-bond donors (Lipinski definition) is 0. The SMILES string of the molecule is CCOC(=O)C[P+](=O)OCC. The van der Waals surface area contributed by atoms with Crippen molar-refractivity contribution in [2.45, 2.75) is 13.8 Å². The third-order valence-corrected chi connectivity index (χ3v) is 1.90. The summed E-state index contributed by atoms with van der Waals surface area (Å²) in [5.74, 6) is -0.470. The maximum atomic E-state index is 10.8. The molecule has 0 fully saturated rings. The van der Waals surface area contributed by atoms with Gasteiger partial charge in [-0.25, -0.2) is 4.79 Å². The van der Waals surface area contributed by atoms with E-state index in [4.69, 9.17) is 0 Å². The second-order valence-corrected chi connectivity index (χ2v) is 2.95. The number of rotatable bonds is 5. The van der Waals surface area contributed by atoms with Crippen LogP contribution in [0.4, 0.5) is 0 Å². The van der Waals surface area contributed by atoms with Crippen molar-refractivity contribution in [1.82, 2.24) is 0 Å². The summed E-state index contributed by atoms with van der Waals surface area (Å²) in [6.07, 6.45) is -0.142. The summed E-state index contributed by atoms with van der Waals surface area (Å²) < 4.78 is 20.0. The van der Waals surface area contributed by atoms with Crippen LogP contribution in [-0.4, -0.2) is 25.3 Å². The van der Waals surface area contributed by atoms with Crippen molar-refractivity contribution in [2.75, 3.05) is 19.4 Å². The molecule has 0 saturated carbocycles. The Morgan fingerprint density at radius 3 is 2.45 bits per heavy atom. The molecule has 0 aromatic carbocycles. The van der Waals surface area contributed by atoms with Gasteiger partial charge >= 0.3 is 14.0 Å². The summed E-state index contributed by atoms with van der Waals surface area (Å²) in [6.45, 7) is 4.09. The average Bonchev–Trinajstić information content (AvgIpc) is 1.87. The summed E-state index contributed by atoms with van der Waals surface area (Å²) in [6, 6.07) is 0. The highest BCUT2D eigenvalue weighted by atomic mass is 31.1. The summed E-state index contributed by atoms with van der Waals surface area (Å²) in [5, 5.41) is 0. The van der Waals surface area contributed by atoms with E-state index in [0.29, 0.717) is 13.2 Å². The molecule has 1 atom stereocenters. The Bertz CT molecular complexity index is 130. The molecule has 1 unspecified atom stereocenters. The molecule has 0 bridgehead atoms. The van der Waals surface area contributed by atoms with Gasteiger partial charge < -0.3 is 4.74 Å². The van der Waals surface area contributed by atoms with Crippen LogP contribution in [0.3, 0.4) is 0 Å². The highest BCUT2D eigenvalue weighted by molar-refractivity contribution is 7.40. The number of esters is 1. The molecule has 64 valence electrons. The first-order chi connectivity index (χ1) is 5.20. The van der Waals surface area contributed by atoms with Crippen molar-refractivity contribution >= 4 is 14.0 Å². The minimum atomic E-state index is -1.86. The molecule has 11 heavy (non-hydrogen) atoms. The zero-order chi connectivity index (χ0) is 8.69. The van der Waals surface area contributed by atoms with Gasteiger partial charge in [-0.2, -0.15) is 0 Å². The van der Waals surface area contributed by atoms with Gasteiger partial charge in [-0.05, 0) is 18.4 Å². The molecule has 0 N–H and O–H groups in total. The quantitative estimate of drug-likeness (QED) is 0.472. The maximum Gasteiger partial charge on any atom is 0.520 e. The lowest BCUT2D eigenvalue weighted by molar-refractivity contribution is -0.140. The number of hydrogen-bond acceptors (Lipinski definition) is 4. The Morgan fingerprint density at radius 1 is 1.36 bits per heavy atom. The molecule has 0 aliphatic carbocycles. The molecule has 0 spiro atoms. The van der Waals surface area contributed by atoms with Crippen LogP contribution in [0.1, 0.15) is 13.8 Å². The van der Waals surface area contributed by atoms with Crippen LogP contribution in [-0.2, 0) is 18.6 Å². The van der Waals surface area contributed by atoms with Gasteiger partial charge in [0.1, 0.15) is 0 Å². The summed E-state index contributed by atoms with van der Waals surface area (Å²) in [7, 11) is -1.86. The van der Waals surface area contributed by atoms with Gasteiger partial charge in [0, 0.05) is 0 Å². The number of carbonyl (C=O) groups excluding carboxylic acids is 1. The summed E-state index contributed by atoms with van der Waals surface area (Å²) in [5.41, 5.74) is 0. The van der Waals surface area contributed by atoms with Crippen LogP contribution in [0, 0.1) is 0 Å². The first-order valence-electron chi connectivity index (χ1n) is 3.43. The van der Waals surface area contributed by atoms with Crippen LogP contribution in [0.25, 0.3) is 0 Å². The van der Waals surface area contributed by atoms with Gasteiger partial charge in [0.25, 0.3) is 6.16 Å². The second kappa shape index (κ2) is 6.25. The second-order valence-electron chi connectivity index (χ2n) is 1.71. The molecule has 4 nitrogen and oxygen atoms in total. The Kier molecular flexibility index (Phi) is 5.99. The molecular weight excluding hydrogens is 167 g/mol. The highest BCUT2D eigenvalue weighted by Crippen LogP contribution is 2.20. The van der Waals surface area contributed by atoms with Gasteiger partial charge in [0.2, 0.25) is 0 Å². The Labute approximate surface area is 66.7 Å². The van der Waals surface area contributed by atoms with Crippen LogP contribution >= 0.6 is 8.03 Å². The van der Waals surface area contributed by atoms with Crippen molar-refractivity contribution in [3.05, 3.63) is 0 Å². The van der Waals surface area contributed by atoms with Gasteiger partial charge in [0.05, 0.1) is 13.2 Å².